The van der Waals surface area contributed by atoms with Crippen LogP contribution in [0.15, 0.2) is 36.4 Å². The quantitative estimate of drug-likeness (QED) is 0.776. The molecule has 1 aliphatic rings. The summed E-state index contributed by atoms with van der Waals surface area (Å²) in [7, 11) is 0. The van der Waals surface area contributed by atoms with Crippen LogP contribution in [0.2, 0.25) is 0 Å². The molecule has 100 valence electrons. The topological polar surface area (TPSA) is 16.1 Å². The van der Waals surface area contributed by atoms with Crippen molar-refractivity contribution in [2.24, 2.45) is 0 Å². The molecular formula is C16H19ClN2. The van der Waals surface area contributed by atoms with Crippen molar-refractivity contribution < 1.29 is 0 Å². The molecule has 2 aromatic rings. The Labute approximate surface area is 119 Å². The minimum absolute atomic E-state index is 0.618. The highest BCUT2D eigenvalue weighted by Gasteiger charge is 2.23. The summed E-state index contributed by atoms with van der Waals surface area (Å²) < 4.78 is 0. The van der Waals surface area contributed by atoms with E-state index in [0.29, 0.717) is 11.9 Å². The minimum Gasteiger partial charge on any atom is -0.352 e. The molecule has 0 saturated heterocycles. The number of fused-ring (bicyclic) bond motifs is 1. The van der Waals surface area contributed by atoms with Gasteiger partial charge in [0.2, 0.25) is 0 Å². The Kier molecular flexibility index (Phi) is 3.88. The monoisotopic (exact) mass is 274 g/mol. The number of hydrogen-bond donors (Lipinski definition) is 0. The Morgan fingerprint density at radius 2 is 1.89 bits per heavy atom. The summed E-state index contributed by atoms with van der Waals surface area (Å²) in [5, 5.41) is 1.20. The van der Waals surface area contributed by atoms with Crippen LogP contribution in [-0.2, 0) is 0 Å². The van der Waals surface area contributed by atoms with Gasteiger partial charge in [-0.25, -0.2) is 4.98 Å². The van der Waals surface area contributed by atoms with E-state index < -0.39 is 0 Å². The van der Waals surface area contributed by atoms with Crippen LogP contribution in [0.25, 0.3) is 10.9 Å². The highest BCUT2D eigenvalue weighted by molar-refractivity contribution is 6.18. The summed E-state index contributed by atoms with van der Waals surface area (Å²) in [6.07, 6.45) is 5.20. The molecule has 3 heteroatoms. The molecule has 1 aromatic heterocycles. The molecule has 0 N–H and O–H groups in total. The first-order valence-corrected chi connectivity index (χ1v) is 7.60. The van der Waals surface area contributed by atoms with Crippen LogP contribution in [0.4, 0.5) is 5.82 Å². The number of alkyl halides is 1. The van der Waals surface area contributed by atoms with Gasteiger partial charge < -0.3 is 4.90 Å². The first-order chi connectivity index (χ1) is 9.38. The van der Waals surface area contributed by atoms with E-state index in [9.17, 15) is 0 Å². The van der Waals surface area contributed by atoms with Crippen molar-refractivity contribution in [3.05, 3.63) is 36.4 Å². The predicted molar refractivity (Wildman–Crippen MR) is 82.1 cm³/mol. The zero-order valence-electron chi connectivity index (χ0n) is 11.1. The summed E-state index contributed by atoms with van der Waals surface area (Å²) in [5.74, 6) is 1.73. The van der Waals surface area contributed by atoms with Crippen LogP contribution in [0.3, 0.4) is 0 Å². The molecule has 1 saturated carbocycles. The number of benzene rings is 1. The van der Waals surface area contributed by atoms with Gasteiger partial charge in [0.1, 0.15) is 5.82 Å². The number of hydrogen-bond acceptors (Lipinski definition) is 2. The number of rotatable bonds is 4. The lowest BCUT2D eigenvalue weighted by Crippen LogP contribution is -2.35. The van der Waals surface area contributed by atoms with Crippen molar-refractivity contribution in [3.8, 4) is 0 Å². The van der Waals surface area contributed by atoms with Gasteiger partial charge in [-0.05, 0) is 31.0 Å². The van der Waals surface area contributed by atoms with Crippen LogP contribution < -0.4 is 4.90 Å². The Hall–Kier alpha value is -1.28. The molecule has 0 radical (unpaired) electrons. The number of nitrogens with zero attached hydrogens (tertiary/aromatic N) is 2. The fraction of sp³-hybridized carbons (Fsp3) is 0.438. The molecule has 1 aliphatic carbocycles. The largest absolute Gasteiger partial charge is 0.352 e. The molecular weight excluding hydrogens is 256 g/mol. The van der Waals surface area contributed by atoms with Crippen molar-refractivity contribution in [2.75, 3.05) is 17.3 Å². The standard InChI is InChI=1S/C16H19ClN2/c17-11-12-19(14-6-2-3-7-14)16-10-9-13-5-1-4-8-15(13)18-16/h1,4-5,8-10,14H,2-3,6-7,11-12H2. The zero-order valence-corrected chi connectivity index (χ0v) is 11.8. The summed E-state index contributed by atoms with van der Waals surface area (Å²) >= 11 is 5.97. The van der Waals surface area contributed by atoms with E-state index in [0.717, 1.165) is 17.9 Å². The van der Waals surface area contributed by atoms with Gasteiger partial charge in [0, 0.05) is 23.9 Å². The van der Waals surface area contributed by atoms with Gasteiger partial charge in [-0.3, -0.25) is 0 Å². The van der Waals surface area contributed by atoms with Crippen LogP contribution in [0.1, 0.15) is 25.7 Å². The average Bonchev–Trinajstić information content (AvgIpc) is 2.98. The molecule has 0 amide bonds. The average molecular weight is 275 g/mol. The maximum absolute atomic E-state index is 5.97. The third kappa shape index (κ3) is 2.69. The molecule has 0 aliphatic heterocycles. The molecule has 0 spiro atoms. The van der Waals surface area contributed by atoms with E-state index in [1.165, 1.54) is 31.1 Å². The van der Waals surface area contributed by atoms with E-state index in [1.54, 1.807) is 0 Å². The Morgan fingerprint density at radius 1 is 1.11 bits per heavy atom. The van der Waals surface area contributed by atoms with Gasteiger partial charge in [0.15, 0.2) is 0 Å². The smallest absolute Gasteiger partial charge is 0.129 e. The minimum atomic E-state index is 0.618. The second-order valence-electron chi connectivity index (χ2n) is 5.18. The number of halogens is 1. The number of para-hydroxylation sites is 1. The second kappa shape index (κ2) is 5.79. The van der Waals surface area contributed by atoms with E-state index in [2.05, 4.69) is 35.2 Å². The highest BCUT2D eigenvalue weighted by atomic mass is 35.5. The van der Waals surface area contributed by atoms with Crippen LogP contribution in [-0.4, -0.2) is 23.5 Å². The van der Waals surface area contributed by atoms with Crippen molar-refractivity contribution >= 4 is 28.3 Å². The van der Waals surface area contributed by atoms with E-state index in [1.807, 2.05) is 6.07 Å². The highest BCUT2D eigenvalue weighted by Crippen LogP contribution is 2.28. The lowest BCUT2D eigenvalue weighted by Gasteiger charge is -2.29. The molecule has 1 fully saturated rings. The fourth-order valence-corrected chi connectivity index (χ4v) is 3.19. The first kappa shape index (κ1) is 12.7. The second-order valence-corrected chi connectivity index (χ2v) is 5.56. The summed E-state index contributed by atoms with van der Waals surface area (Å²) in [5.41, 5.74) is 1.07. The van der Waals surface area contributed by atoms with E-state index in [4.69, 9.17) is 16.6 Å². The Morgan fingerprint density at radius 3 is 2.68 bits per heavy atom. The zero-order chi connectivity index (χ0) is 13.1. The maximum Gasteiger partial charge on any atom is 0.129 e. The molecule has 0 bridgehead atoms. The van der Waals surface area contributed by atoms with Crippen LogP contribution >= 0.6 is 11.6 Å². The Balaban J connectivity index is 1.94. The van der Waals surface area contributed by atoms with Crippen LogP contribution in [0.5, 0.6) is 0 Å². The Bertz CT molecular complexity index is 549. The normalized spacial score (nSPS) is 16.1. The van der Waals surface area contributed by atoms with E-state index >= 15 is 0 Å². The van der Waals surface area contributed by atoms with Crippen LogP contribution in [0, 0.1) is 0 Å². The SMILES string of the molecule is ClCCN(c1ccc2ccccc2n1)C1CCCC1. The van der Waals surface area contributed by atoms with Gasteiger partial charge in [0.25, 0.3) is 0 Å². The molecule has 0 unspecified atom stereocenters. The first-order valence-electron chi connectivity index (χ1n) is 7.07. The summed E-state index contributed by atoms with van der Waals surface area (Å²) in [6, 6.07) is 13.2. The van der Waals surface area contributed by atoms with Gasteiger partial charge in [-0.1, -0.05) is 31.0 Å². The molecule has 2 nitrogen and oxygen atoms in total. The molecule has 19 heavy (non-hydrogen) atoms. The molecule has 1 heterocycles. The summed E-state index contributed by atoms with van der Waals surface area (Å²) in [6.45, 7) is 0.886. The van der Waals surface area contributed by atoms with Gasteiger partial charge in [-0.2, -0.15) is 0 Å². The lowest BCUT2D eigenvalue weighted by atomic mass is 10.2. The van der Waals surface area contributed by atoms with Crippen molar-refractivity contribution in [1.29, 1.82) is 0 Å². The maximum atomic E-state index is 5.97. The summed E-state index contributed by atoms with van der Waals surface area (Å²) in [4.78, 5) is 7.20. The molecule has 3 rings (SSSR count). The predicted octanol–water partition coefficient (Wildman–Crippen LogP) is 4.22. The van der Waals surface area contributed by atoms with Gasteiger partial charge in [-0.15, -0.1) is 11.6 Å². The van der Waals surface area contributed by atoms with Crippen molar-refractivity contribution in [2.45, 2.75) is 31.7 Å². The third-order valence-electron chi connectivity index (χ3n) is 3.97. The number of aromatic nitrogens is 1. The van der Waals surface area contributed by atoms with Gasteiger partial charge in [0.05, 0.1) is 5.52 Å². The third-order valence-corrected chi connectivity index (χ3v) is 4.14. The number of anilines is 1. The molecule has 0 atom stereocenters. The molecule has 1 aromatic carbocycles. The van der Waals surface area contributed by atoms with Crippen molar-refractivity contribution in [1.82, 2.24) is 4.98 Å². The fourth-order valence-electron chi connectivity index (χ4n) is 3.01. The van der Waals surface area contributed by atoms with Gasteiger partial charge >= 0.3 is 0 Å². The number of pyridine rings is 1. The van der Waals surface area contributed by atoms with E-state index in [-0.39, 0.29) is 0 Å². The van der Waals surface area contributed by atoms with Crippen molar-refractivity contribution in [3.63, 3.8) is 0 Å². The lowest BCUT2D eigenvalue weighted by molar-refractivity contribution is 0.615.